The van der Waals surface area contributed by atoms with Gasteiger partial charge in [0.25, 0.3) is 0 Å². The Bertz CT molecular complexity index is 419. The third kappa shape index (κ3) is 2.68. The molecule has 0 spiro atoms. The highest BCUT2D eigenvalue weighted by molar-refractivity contribution is 5.80. The largest absolute Gasteiger partial charge is 0.404 e. The van der Waals surface area contributed by atoms with E-state index in [4.69, 9.17) is 5.73 Å². The minimum Gasteiger partial charge on any atom is -0.341 e. The summed E-state index contributed by atoms with van der Waals surface area (Å²) in [5.74, 6) is -1.33. The van der Waals surface area contributed by atoms with E-state index >= 15 is 0 Å². The van der Waals surface area contributed by atoms with Gasteiger partial charge in [-0.05, 0) is 31.7 Å². The van der Waals surface area contributed by atoms with Gasteiger partial charge in [0.1, 0.15) is 0 Å². The van der Waals surface area contributed by atoms with Gasteiger partial charge in [-0.25, -0.2) is 0 Å². The number of halogens is 6. The van der Waals surface area contributed by atoms with Crippen LogP contribution in [0.4, 0.5) is 26.3 Å². The van der Waals surface area contributed by atoms with Gasteiger partial charge in [-0.1, -0.05) is 6.42 Å². The standard InChI is InChI=1S/C13H18F6N2O/c14-12(15,16)11(13(17,18)19)4-5-21(7-11)10(22)9-3-1-2-8(9)6-20/h8-9H,1-7,20H2/t8-,9-/m1/s1. The van der Waals surface area contributed by atoms with Gasteiger partial charge >= 0.3 is 12.4 Å². The van der Waals surface area contributed by atoms with Crippen LogP contribution >= 0.6 is 0 Å². The van der Waals surface area contributed by atoms with Crippen LogP contribution in [-0.4, -0.2) is 42.8 Å². The lowest BCUT2D eigenvalue weighted by molar-refractivity contribution is -0.334. The summed E-state index contributed by atoms with van der Waals surface area (Å²) >= 11 is 0. The van der Waals surface area contributed by atoms with Crippen molar-refractivity contribution in [2.45, 2.75) is 38.0 Å². The lowest BCUT2D eigenvalue weighted by atomic mass is 9.85. The molecule has 0 aromatic carbocycles. The molecule has 22 heavy (non-hydrogen) atoms. The maximum Gasteiger partial charge on any atom is 0.404 e. The molecule has 2 N–H and O–H groups in total. The second kappa shape index (κ2) is 5.58. The van der Waals surface area contributed by atoms with Crippen LogP contribution in [0.1, 0.15) is 25.7 Å². The molecule has 128 valence electrons. The lowest BCUT2D eigenvalue weighted by Gasteiger charge is -2.34. The van der Waals surface area contributed by atoms with Crippen LogP contribution in [0.15, 0.2) is 0 Å². The molecule has 1 amide bonds. The highest BCUT2D eigenvalue weighted by atomic mass is 19.4. The Hall–Kier alpha value is -0.990. The summed E-state index contributed by atoms with van der Waals surface area (Å²) in [6.45, 7) is -1.65. The van der Waals surface area contributed by atoms with Crippen LogP contribution in [-0.2, 0) is 4.79 Å². The summed E-state index contributed by atoms with van der Waals surface area (Å²) in [7, 11) is 0. The summed E-state index contributed by atoms with van der Waals surface area (Å²) in [5.41, 5.74) is 1.71. The smallest absolute Gasteiger partial charge is 0.341 e. The summed E-state index contributed by atoms with van der Waals surface area (Å²) in [4.78, 5) is 13.0. The minimum absolute atomic E-state index is 0.153. The first-order valence-corrected chi connectivity index (χ1v) is 7.16. The topological polar surface area (TPSA) is 46.3 Å². The molecule has 0 aromatic rings. The van der Waals surface area contributed by atoms with E-state index in [9.17, 15) is 31.1 Å². The first-order valence-electron chi connectivity index (χ1n) is 7.16. The molecule has 9 heteroatoms. The fourth-order valence-corrected chi connectivity index (χ4v) is 3.50. The van der Waals surface area contributed by atoms with Crippen molar-refractivity contribution in [1.82, 2.24) is 4.90 Å². The second-order valence-electron chi connectivity index (χ2n) is 6.12. The Morgan fingerprint density at radius 2 is 1.73 bits per heavy atom. The van der Waals surface area contributed by atoms with Crippen molar-refractivity contribution in [2.75, 3.05) is 19.6 Å². The number of amides is 1. The molecule has 0 unspecified atom stereocenters. The van der Waals surface area contributed by atoms with Gasteiger partial charge in [0.2, 0.25) is 5.91 Å². The number of nitrogens with zero attached hydrogens (tertiary/aromatic N) is 1. The van der Waals surface area contributed by atoms with Gasteiger partial charge in [-0.15, -0.1) is 0 Å². The monoisotopic (exact) mass is 332 g/mol. The number of hydrogen-bond acceptors (Lipinski definition) is 2. The molecule has 0 bridgehead atoms. The number of carbonyl (C=O) groups is 1. The van der Waals surface area contributed by atoms with Crippen molar-refractivity contribution in [2.24, 2.45) is 23.0 Å². The second-order valence-corrected chi connectivity index (χ2v) is 6.12. The minimum atomic E-state index is -5.43. The predicted octanol–water partition coefficient (Wildman–Crippen LogP) is 2.70. The van der Waals surface area contributed by atoms with Gasteiger partial charge in [-0.3, -0.25) is 4.79 Å². The quantitative estimate of drug-likeness (QED) is 0.791. The zero-order chi connectivity index (χ0) is 16.8. The zero-order valence-electron chi connectivity index (χ0n) is 11.8. The Labute approximate surface area is 123 Å². The van der Waals surface area contributed by atoms with Gasteiger partial charge in [0, 0.05) is 19.0 Å². The number of carbonyl (C=O) groups excluding carboxylic acids is 1. The molecule has 2 aliphatic rings. The maximum absolute atomic E-state index is 13.0. The van der Waals surface area contributed by atoms with Crippen molar-refractivity contribution in [3.05, 3.63) is 0 Å². The van der Waals surface area contributed by atoms with Crippen LogP contribution in [0, 0.1) is 17.3 Å². The summed E-state index contributed by atoms with van der Waals surface area (Å²) in [6.07, 6.45) is -10.1. The van der Waals surface area contributed by atoms with Crippen LogP contribution < -0.4 is 5.73 Å². The number of rotatable bonds is 2. The molecule has 2 rings (SSSR count). The molecule has 1 saturated carbocycles. The van der Waals surface area contributed by atoms with Gasteiger partial charge in [0.05, 0.1) is 0 Å². The maximum atomic E-state index is 13.0. The predicted molar refractivity (Wildman–Crippen MR) is 65.6 cm³/mol. The number of nitrogens with two attached hydrogens (primary N) is 1. The van der Waals surface area contributed by atoms with E-state index in [1.165, 1.54) is 0 Å². The molecular formula is C13H18F6N2O. The molecule has 2 atom stereocenters. The normalized spacial score (nSPS) is 29.1. The fraction of sp³-hybridized carbons (Fsp3) is 0.923. The Balaban J connectivity index is 2.19. The molecule has 3 nitrogen and oxygen atoms in total. The third-order valence-electron chi connectivity index (χ3n) is 4.95. The van der Waals surface area contributed by atoms with Crippen molar-refractivity contribution < 1.29 is 31.1 Å². The van der Waals surface area contributed by atoms with Crippen molar-refractivity contribution in [3.63, 3.8) is 0 Å². The van der Waals surface area contributed by atoms with E-state index in [1.54, 1.807) is 0 Å². The van der Waals surface area contributed by atoms with Gasteiger partial charge in [-0.2, -0.15) is 26.3 Å². The van der Waals surface area contributed by atoms with Crippen LogP contribution in [0.25, 0.3) is 0 Å². The summed E-state index contributed by atoms with van der Waals surface area (Å²) in [6, 6.07) is 0. The zero-order valence-corrected chi connectivity index (χ0v) is 11.8. The molecule has 2 fully saturated rings. The van der Waals surface area contributed by atoms with Crippen molar-refractivity contribution >= 4 is 5.91 Å². The van der Waals surface area contributed by atoms with Crippen LogP contribution in [0.5, 0.6) is 0 Å². The average molecular weight is 332 g/mol. The molecule has 0 radical (unpaired) electrons. The lowest BCUT2D eigenvalue weighted by Crippen LogP contribution is -2.52. The summed E-state index contributed by atoms with van der Waals surface area (Å²) < 4.78 is 77.9. The highest BCUT2D eigenvalue weighted by Gasteiger charge is 2.73. The van der Waals surface area contributed by atoms with E-state index < -0.39 is 49.1 Å². The van der Waals surface area contributed by atoms with Crippen LogP contribution in [0.2, 0.25) is 0 Å². The number of hydrogen-bond donors (Lipinski definition) is 1. The van der Waals surface area contributed by atoms with Crippen molar-refractivity contribution in [3.8, 4) is 0 Å². The van der Waals surface area contributed by atoms with Gasteiger partial charge in [0.15, 0.2) is 5.41 Å². The molecular weight excluding hydrogens is 314 g/mol. The van der Waals surface area contributed by atoms with E-state index in [1.807, 2.05) is 0 Å². The molecule has 1 aliphatic carbocycles. The fourth-order valence-electron chi connectivity index (χ4n) is 3.50. The first-order chi connectivity index (χ1) is 10.0. The Morgan fingerprint density at radius 3 is 2.18 bits per heavy atom. The number of likely N-dealkylation sites (tertiary alicyclic amines) is 1. The molecule has 1 aliphatic heterocycles. The average Bonchev–Trinajstić information content (AvgIpc) is 3.03. The van der Waals surface area contributed by atoms with Gasteiger partial charge < -0.3 is 10.6 Å². The Morgan fingerprint density at radius 1 is 1.14 bits per heavy atom. The molecule has 0 aromatic heterocycles. The van der Waals surface area contributed by atoms with Crippen LogP contribution in [0.3, 0.4) is 0 Å². The van der Waals surface area contributed by atoms with E-state index in [2.05, 4.69) is 0 Å². The molecule has 1 heterocycles. The third-order valence-corrected chi connectivity index (χ3v) is 4.95. The van der Waals surface area contributed by atoms with E-state index in [-0.39, 0.29) is 12.5 Å². The SMILES string of the molecule is NC[C@H]1CCC[C@H]1C(=O)N1CCC(C(F)(F)F)(C(F)(F)F)C1. The van der Waals surface area contributed by atoms with Crippen molar-refractivity contribution in [1.29, 1.82) is 0 Å². The van der Waals surface area contributed by atoms with E-state index in [0.29, 0.717) is 12.8 Å². The number of alkyl halides is 6. The molecule has 1 saturated heterocycles. The summed E-state index contributed by atoms with van der Waals surface area (Å²) in [5, 5.41) is 0. The van der Waals surface area contributed by atoms with E-state index in [0.717, 1.165) is 11.3 Å². The first kappa shape index (κ1) is 17.4. The Kier molecular flexibility index (Phi) is 4.40. The highest BCUT2D eigenvalue weighted by Crippen LogP contribution is 2.55.